The van der Waals surface area contributed by atoms with E-state index in [0.717, 1.165) is 17.8 Å². The fourth-order valence-electron chi connectivity index (χ4n) is 2.62. The molecule has 0 unspecified atom stereocenters. The van der Waals surface area contributed by atoms with E-state index in [4.69, 9.17) is 0 Å². The molecule has 0 saturated carbocycles. The van der Waals surface area contributed by atoms with Gasteiger partial charge in [0.1, 0.15) is 5.69 Å². The van der Waals surface area contributed by atoms with Gasteiger partial charge in [0.2, 0.25) is 10.0 Å². The molecule has 0 fully saturated rings. The van der Waals surface area contributed by atoms with Crippen LogP contribution in [0.2, 0.25) is 0 Å². The maximum atomic E-state index is 13.1. The van der Waals surface area contributed by atoms with Gasteiger partial charge in [0.15, 0.2) is 0 Å². The second-order valence-corrected chi connectivity index (χ2v) is 9.22. The number of nitrogens with zero attached hydrogens (tertiary/aromatic N) is 2. The van der Waals surface area contributed by atoms with Gasteiger partial charge in [-0.25, -0.2) is 18.1 Å². The lowest BCUT2D eigenvalue weighted by atomic mass is 10.2. The minimum atomic E-state index is -4.55. The monoisotopic (exact) mass is 441 g/mol. The number of aryl methyl sites for hydroxylation is 1. The minimum absolute atomic E-state index is 0.104. The predicted octanol–water partition coefficient (Wildman–Crippen LogP) is 3.90. The van der Waals surface area contributed by atoms with Crippen molar-refractivity contribution >= 4 is 32.7 Å². The summed E-state index contributed by atoms with van der Waals surface area (Å²) in [5.41, 5.74) is -0.0365. The van der Waals surface area contributed by atoms with Crippen LogP contribution in [0.5, 0.6) is 0 Å². The molecule has 3 aromatic rings. The number of halogens is 3. The molecular formula is C19H18F3N3O2S2. The van der Waals surface area contributed by atoms with Gasteiger partial charge in [-0.2, -0.15) is 13.2 Å². The largest absolute Gasteiger partial charge is 0.433 e. The maximum absolute atomic E-state index is 13.1. The van der Waals surface area contributed by atoms with E-state index in [9.17, 15) is 21.6 Å². The Morgan fingerprint density at radius 3 is 2.55 bits per heavy atom. The van der Waals surface area contributed by atoms with Crippen LogP contribution >= 0.6 is 11.8 Å². The zero-order chi connectivity index (χ0) is 20.9. The van der Waals surface area contributed by atoms with Crippen LogP contribution < -0.4 is 4.72 Å². The van der Waals surface area contributed by atoms with Crippen molar-refractivity contribution < 1.29 is 21.6 Å². The zero-order valence-electron chi connectivity index (χ0n) is 15.2. The van der Waals surface area contributed by atoms with Gasteiger partial charge in [-0.1, -0.05) is 24.3 Å². The van der Waals surface area contributed by atoms with E-state index in [1.165, 1.54) is 6.07 Å². The number of benzene rings is 1. The van der Waals surface area contributed by atoms with E-state index in [1.807, 2.05) is 0 Å². The number of alkyl halides is 3. The molecule has 29 heavy (non-hydrogen) atoms. The highest BCUT2D eigenvalue weighted by molar-refractivity contribution is 7.99. The Balaban J connectivity index is 1.60. The Labute approximate surface area is 170 Å². The van der Waals surface area contributed by atoms with Gasteiger partial charge in [-0.3, -0.25) is 4.98 Å². The van der Waals surface area contributed by atoms with E-state index in [2.05, 4.69) is 14.7 Å². The molecule has 5 nitrogen and oxygen atoms in total. The molecule has 0 radical (unpaired) electrons. The molecule has 1 aromatic carbocycles. The number of hydrogen-bond acceptors (Lipinski definition) is 5. The summed E-state index contributed by atoms with van der Waals surface area (Å²) in [6.07, 6.45) is -2.67. The Morgan fingerprint density at radius 2 is 1.83 bits per heavy atom. The molecule has 0 spiro atoms. The maximum Gasteiger partial charge on any atom is 0.433 e. The van der Waals surface area contributed by atoms with Crippen LogP contribution in [0, 0.1) is 0 Å². The van der Waals surface area contributed by atoms with Crippen LogP contribution in [-0.4, -0.2) is 36.4 Å². The van der Waals surface area contributed by atoms with Crippen molar-refractivity contribution in [2.45, 2.75) is 17.5 Å². The highest BCUT2D eigenvalue weighted by Crippen LogP contribution is 2.34. The Bertz CT molecular complexity index is 1070. The molecule has 0 bridgehead atoms. The Morgan fingerprint density at radius 1 is 1.07 bits per heavy atom. The smallest absolute Gasteiger partial charge is 0.261 e. The van der Waals surface area contributed by atoms with Crippen LogP contribution in [-0.2, 0) is 22.6 Å². The predicted molar refractivity (Wildman–Crippen MR) is 107 cm³/mol. The SMILES string of the molecule is O=S(=O)(CCc1ccccn1)NCCSc1cc(C(F)(F)F)nc2ccccc12. The molecule has 0 aliphatic rings. The number of thioether (sulfide) groups is 1. The minimum Gasteiger partial charge on any atom is -0.261 e. The van der Waals surface area contributed by atoms with Crippen molar-refractivity contribution in [1.29, 1.82) is 0 Å². The van der Waals surface area contributed by atoms with Gasteiger partial charge < -0.3 is 0 Å². The van der Waals surface area contributed by atoms with Crippen molar-refractivity contribution in [1.82, 2.24) is 14.7 Å². The molecule has 3 rings (SSSR count). The number of rotatable bonds is 8. The molecule has 0 atom stereocenters. The first-order valence-electron chi connectivity index (χ1n) is 8.72. The highest BCUT2D eigenvalue weighted by atomic mass is 32.2. The number of fused-ring (bicyclic) bond motifs is 1. The van der Waals surface area contributed by atoms with Crippen LogP contribution in [0.4, 0.5) is 13.2 Å². The van der Waals surface area contributed by atoms with E-state index >= 15 is 0 Å². The summed E-state index contributed by atoms with van der Waals surface area (Å²) < 4.78 is 66.0. The fourth-order valence-corrected chi connectivity index (χ4v) is 4.73. The first-order chi connectivity index (χ1) is 13.7. The lowest BCUT2D eigenvalue weighted by molar-refractivity contribution is -0.141. The summed E-state index contributed by atoms with van der Waals surface area (Å²) in [6, 6.07) is 12.9. The second-order valence-electron chi connectivity index (χ2n) is 6.15. The van der Waals surface area contributed by atoms with E-state index in [1.54, 1.807) is 42.6 Å². The quantitative estimate of drug-likeness (QED) is 0.424. The average molecular weight is 442 g/mol. The molecule has 1 N–H and O–H groups in total. The number of para-hydroxylation sites is 1. The van der Waals surface area contributed by atoms with E-state index < -0.39 is 21.9 Å². The van der Waals surface area contributed by atoms with Crippen LogP contribution in [0.3, 0.4) is 0 Å². The zero-order valence-corrected chi connectivity index (χ0v) is 16.8. The molecule has 10 heteroatoms. The van der Waals surface area contributed by atoms with E-state index in [-0.39, 0.29) is 30.0 Å². The van der Waals surface area contributed by atoms with Crippen molar-refractivity contribution in [3.05, 3.63) is 66.1 Å². The Kier molecular flexibility index (Phi) is 6.76. The number of sulfonamides is 1. The van der Waals surface area contributed by atoms with Gasteiger partial charge >= 0.3 is 6.18 Å². The molecule has 2 aromatic heterocycles. The third-order valence-electron chi connectivity index (χ3n) is 4.00. The standard InChI is InChI=1S/C19H18F3N3O2S2/c20-19(21,22)18-13-17(15-6-1-2-7-16(15)25-18)28-11-10-24-29(26,27)12-8-14-5-3-4-9-23-14/h1-7,9,13,24H,8,10-12H2. The molecule has 2 heterocycles. The molecule has 0 aliphatic carbocycles. The Hall–Kier alpha value is -2.17. The second kappa shape index (κ2) is 9.10. The summed E-state index contributed by atoms with van der Waals surface area (Å²) in [4.78, 5) is 8.17. The number of nitrogens with one attached hydrogen (secondary N) is 1. The number of pyridine rings is 2. The van der Waals surface area contributed by atoms with Gasteiger partial charge in [-0.15, -0.1) is 11.8 Å². The van der Waals surface area contributed by atoms with Gasteiger partial charge in [-0.05, 0) is 24.3 Å². The first kappa shape index (κ1) is 21.5. The van der Waals surface area contributed by atoms with Gasteiger partial charge in [0.25, 0.3) is 0 Å². The van der Waals surface area contributed by atoms with Gasteiger partial charge in [0.05, 0.1) is 11.3 Å². The third-order valence-corrected chi connectivity index (χ3v) is 6.45. The van der Waals surface area contributed by atoms with Crippen molar-refractivity contribution in [2.75, 3.05) is 18.1 Å². The molecule has 0 aliphatic heterocycles. The molecule has 0 saturated heterocycles. The number of aromatic nitrogens is 2. The van der Waals surface area contributed by atoms with Crippen LogP contribution in [0.25, 0.3) is 10.9 Å². The van der Waals surface area contributed by atoms with Crippen LogP contribution in [0.1, 0.15) is 11.4 Å². The molecular weight excluding hydrogens is 423 g/mol. The normalized spacial score (nSPS) is 12.4. The van der Waals surface area contributed by atoms with Crippen LogP contribution in [0.15, 0.2) is 59.6 Å². The summed E-state index contributed by atoms with van der Waals surface area (Å²) in [7, 11) is -3.50. The first-order valence-corrected chi connectivity index (χ1v) is 11.4. The summed E-state index contributed by atoms with van der Waals surface area (Å²) in [5.74, 6) is 0.180. The fraction of sp³-hybridized carbons (Fsp3) is 0.263. The topological polar surface area (TPSA) is 72.0 Å². The highest BCUT2D eigenvalue weighted by Gasteiger charge is 2.33. The summed E-state index contributed by atoms with van der Waals surface area (Å²) in [6.45, 7) is 0.104. The summed E-state index contributed by atoms with van der Waals surface area (Å²) in [5, 5.41) is 0.600. The van der Waals surface area contributed by atoms with Crippen molar-refractivity contribution in [2.24, 2.45) is 0 Å². The third kappa shape index (κ3) is 6.15. The molecule has 0 amide bonds. The lowest BCUT2D eigenvalue weighted by Crippen LogP contribution is -2.29. The lowest BCUT2D eigenvalue weighted by Gasteiger charge is -2.12. The average Bonchev–Trinajstić information content (AvgIpc) is 2.69. The van der Waals surface area contributed by atoms with Gasteiger partial charge in [0, 0.05) is 40.9 Å². The van der Waals surface area contributed by atoms with Crippen molar-refractivity contribution in [3.8, 4) is 0 Å². The van der Waals surface area contributed by atoms with E-state index in [0.29, 0.717) is 16.0 Å². The molecule has 154 valence electrons. The van der Waals surface area contributed by atoms with Crippen molar-refractivity contribution in [3.63, 3.8) is 0 Å². The summed E-state index contributed by atoms with van der Waals surface area (Å²) >= 11 is 1.16. The number of hydrogen-bond donors (Lipinski definition) is 1.